The highest BCUT2D eigenvalue weighted by atomic mass is 79.9. The lowest BCUT2D eigenvalue weighted by atomic mass is 10.1. The number of hydrogen-bond acceptors (Lipinski definition) is 1. The lowest BCUT2D eigenvalue weighted by Crippen LogP contribution is -1.90. The third-order valence-electron chi connectivity index (χ3n) is 2.22. The van der Waals surface area contributed by atoms with Crippen molar-refractivity contribution in [2.24, 2.45) is 0 Å². The van der Waals surface area contributed by atoms with E-state index in [0.29, 0.717) is 0 Å². The highest BCUT2D eigenvalue weighted by Crippen LogP contribution is 2.12. The molecule has 0 radical (unpaired) electrons. The third-order valence-corrected chi connectivity index (χ3v) is 2.78. The normalized spacial score (nSPS) is 10.6. The third kappa shape index (κ3) is 2.13. The van der Waals surface area contributed by atoms with Crippen LogP contribution in [-0.2, 0) is 6.42 Å². The summed E-state index contributed by atoms with van der Waals surface area (Å²) in [4.78, 5) is 4.59. The van der Waals surface area contributed by atoms with Crippen LogP contribution in [0, 0.1) is 0 Å². The number of aryl methyl sites for hydroxylation is 1. The Kier molecular flexibility index (Phi) is 3.14. The number of hydrogen-bond donors (Lipinski definition) is 0. The number of benzene rings is 1. The summed E-state index contributed by atoms with van der Waals surface area (Å²) >= 11 is 3.43. The molecule has 0 amide bonds. The molecule has 0 fully saturated rings. The van der Waals surface area contributed by atoms with Gasteiger partial charge >= 0.3 is 0 Å². The molecule has 0 atom stereocenters. The van der Waals surface area contributed by atoms with Crippen LogP contribution in [0.3, 0.4) is 0 Å². The number of aromatic nitrogens is 1. The molecule has 0 unspecified atom stereocenters. The van der Waals surface area contributed by atoms with Crippen molar-refractivity contribution < 1.29 is 0 Å². The van der Waals surface area contributed by atoms with Crippen LogP contribution in [0.15, 0.2) is 36.4 Å². The summed E-state index contributed by atoms with van der Waals surface area (Å²) in [6.45, 7) is 0. The number of alkyl halides is 1. The van der Waals surface area contributed by atoms with E-state index in [1.165, 1.54) is 11.1 Å². The average Bonchev–Trinajstić information content (AvgIpc) is 2.26. The molecule has 0 aliphatic carbocycles. The molecule has 0 aliphatic rings. The lowest BCUT2D eigenvalue weighted by molar-refractivity contribution is 0.905. The SMILES string of the molecule is BrCCCc1ccc2ccccc2n1. The van der Waals surface area contributed by atoms with E-state index in [-0.39, 0.29) is 0 Å². The molecule has 1 nitrogen and oxygen atoms in total. The first-order valence-corrected chi connectivity index (χ1v) is 5.93. The maximum Gasteiger partial charge on any atom is 0.0705 e. The topological polar surface area (TPSA) is 12.9 Å². The van der Waals surface area contributed by atoms with Gasteiger partial charge in [0.25, 0.3) is 0 Å². The Bertz CT molecular complexity index is 425. The van der Waals surface area contributed by atoms with Gasteiger partial charge in [0.1, 0.15) is 0 Å². The second-order valence-corrected chi connectivity index (χ2v) is 4.08. The van der Waals surface area contributed by atoms with Gasteiger partial charge in [-0.2, -0.15) is 0 Å². The standard InChI is InChI=1S/C12H12BrN/c13-9-3-5-11-8-7-10-4-1-2-6-12(10)14-11/h1-2,4,6-8H,3,5,9H2. The fraction of sp³-hybridized carbons (Fsp3) is 0.250. The molecule has 1 aromatic heterocycles. The molecular weight excluding hydrogens is 238 g/mol. The minimum atomic E-state index is 1.04. The van der Waals surface area contributed by atoms with Crippen LogP contribution < -0.4 is 0 Å². The van der Waals surface area contributed by atoms with Crippen molar-refractivity contribution in [3.63, 3.8) is 0 Å². The summed E-state index contributed by atoms with van der Waals surface area (Å²) in [5.41, 5.74) is 2.28. The summed E-state index contributed by atoms with van der Waals surface area (Å²) in [7, 11) is 0. The quantitative estimate of drug-likeness (QED) is 0.759. The Hall–Kier alpha value is -0.890. The van der Waals surface area contributed by atoms with Crippen molar-refractivity contribution >= 4 is 26.8 Å². The van der Waals surface area contributed by atoms with Gasteiger partial charge in [-0.3, -0.25) is 4.98 Å². The van der Waals surface area contributed by atoms with Gasteiger partial charge in [0.15, 0.2) is 0 Å². The maximum absolute atomic E-state index is 4.59. The highest BCUT2D eigenvalue weighted by molar-refractivity contribution is 9.09. The van der Waals surface area contributed by atoms with Crippen molar-refractivity contribution in [3.8, 4) is 0 Å². The number of fused-ring (bicyclic) bond motifs is 1. The minimum absolute atomic E-state index is 1.04. The van der Waals surface area contributed by atoms with Crippen molar-refractivity contribution in [2.45, 2.75) is 12.8 Å². The molecular formula is C12H12BrN. The predicted molar refractivity (Wildman–Crippen MR) is 63.9 cm³/mol. The molecule has 72 valence electrons. The van der Waals surface area contributed by atoms with Crippen LogP contribution in [0.5, 0.6) is 0 Å². The molecule has 0 saturated heterocycles. The van der Waals surface area contributed by atoms with Crippen LogP contribution in [-0.4, -0.2) is 10.3 Å². The zero-order chi connectivity index (χ0) is 9.80. The van der Waals surface area contributed by atoms with Crippen LogP contribution in [0.25, 0.3) is 10.9 Å². The average molecular weight is 250 g/mol. The first kappa shape index (κ1) is 9.66. The maximum atomic E-state index is 4.59. The Morgan fingerprint density at radius 2 is 1.93 bits per heavy atom. The summed E-state index contributed by atoms with van der Waals surface area (Å²) in [5.74, 6) is 0. The number of nitrogens with zero attached hydrogens (tertiary/aromatic N) is 1. The van der Waals surface area contributed by atoms with E-state index < -0.39 is 0 Å². The van der Waals surface area contributed by atoms with Gasteiger partial charge in [-0.05, 0) is 25.0 Å². The number of rotatable bonds is 3. The van der Waals surface area contributed by atoms with Crippen LogP contribution >= 0.6 is 15.9 Å². The fourth-order valence-electron chi connectivity index (χ4n) is 1.50. The summed E-state index contributed by atoms with van der Waals surface area (Å²) < 4.78 is 0. The molecule has 2 heteroatoms. The summed E-state index contributed by atoms with van der Waals surface area (Å²) in [6.07, 6.45) is 2.20. The molecule has 2 aromatic rings. The molecule has 1 heterocycles. The Balaban J connectivity index is 2.32. The van der Waals surface area contributed by atoms with E-state index in [1.807, 2.05) is 12.1 Å². The molecule has 0 aliphatic heterocycles. The van der Waals surface area contributed by atoms with E-state index >= 15 is 0 Å². The molecule has 14 heavy (non-hydrogen) atoms. The highest BCUT2D eigenvalue weighted by Gasteiger charge is 1.96. The van der Waals surface area contributed by atoms with E-state index in [1.54, 1.807) is 0 Å². The van der Waals surface area contributed by atoms with Gasteiger partial charge in [0.05, 0.1) is 5.52 Å². The zero-order valence-electron chi connectivity index (χ0n) is 7.91. The van der Waals surface area contributed by atoms with E-state index in [4.69, 9.17) is 0 Å². The van der Waals surface area contributed by atoms with Crippen LogP contribution in [0.2, 0.25) is 0 Å². The predicted octanol–water partition coefficient (Wildman–Crippen LogP) is 3.56. The number of halogens is 1. The Labute approximate surface area is 92.3 Å². The van der Waals surface area contributed by atoms with Crippen molar-refractivity contribution in [3.05, 3.63) is 42.1 Å². The molecule has 0 spiro atoms. The van der Waals surface area contributed by atoms with Gasteiger partial charge in [-0.15, -0.1) is 0 Å². The van der Waals surface area contributed by atoms with Gasteiger partial charge in [-0.1, -0.05) is 40.2 Å². The monoisotopic (exact) mass is 249 g/mol. The zero-order valence-corrected chi connectivity index (χ0v) is 9.50. The summed E-state index contributed by atoms with van der Waals surface area (Å²) in [6, 6.07) is 12.5. The number of para-hydroxylation sites is 1. The number of pyridine rings is 1. The molecule has 2 rings (SSSR count). The van der Waals surface area contributed by atoms with E-state index in [2.05, 4.69) is 45.2 Å². The van der Waals surface area contributed by atoms with E-state index in [9.17, 15) is 0 Å². The first-order chi connectivity index (χ1) is 6.90. The molecule has 0 saturated carbocycles. The fourth-order valence-corrected chi connectivity index (χ4v) is 1.78. The molecule has 0 bridgehead atoms. The van der Waals surface area contributed by atoms with Gasteiger partial charge in [0, 0.05) is 16.4 Å². The van der Waals surface area contributed by atoms with Gasteiger partial charge in [-0.25, -0.2) is 0 Å². The first-order valence-electron chi connectivity index (χ1n) is 4.81. The van der Waals surface area contributed by atoms with Crippen molar-refractivity contribution in [1.82, 2.24) is 4.98 Å². The lowest BCUT2D eigenvalue weighted by Gasteiger charge is -2.01. The smallest absolute Gasteiger partial charge is 0.0705 e. The van der Waals surface area contributed by atoms with E-state index in [0.717, 1.165) is 23.7 Å². The molecule has 1 aromatic carbocycles. The van der Waals surface area contributed by atoms with Gasteiger partial charge < -0.3 is 0 Å². The van der Waals surface area contributed by atoms with Crippen LogP contribution in [0.4, 0.5) is 0 Å². The van der Waals surface area contributed by atoms with Crippen molar-refractivity contribution in [1.29, 1.82) is 0 Å². The van der Waals surface area contributed by atoms with Gasteiger partial charge in [0.2, 0.25) is 0 Å². The summed E-state index contributed by atoms with van der Waals surface area (Å²) in [5, 5.41) is 2.26. The van der Waals surface area contributed by atoms with Crippen molar-refractivity contribution in [2.75, 3.05) is 5.33 Å². The Morgan fingerprint density at radius 3 is 2.79 bits per heavy atom. The minimum Gasteiger partial charge on any atom is -0.253 e. The largest absolute Gasteiger partial charge is 0.253 e. The van der Waals surface area contributed by atoms with Crippen LogP contribution in [0.1, 0.15) is 12.1 Å². The second-order valence-electron chi connectivity index (χ2n) is 3.29. The molecule has 0 N–H and O–H groups in total. The Morgan fingerprint density at radius 1 is 1.07 bits per heavy atom. The second kappa shape index (κ2) is 4.56.